The summed E-state index contributed by atoms with van der Waals surface area (Å²) in [6, 6.07) is 12.7. The van der Waals surface area contributed by atoms with Gasteiger partial charge in [-0.3, -0.25) is 9.10 Å². The summed E-state index contributed by atoms with van der Waals surface area (Å²) in [6.07, 6.45) is 1.00. The van der Waals surface area contributed by atoms with E-state index in [-0.39, 0.29) is 5.69 Å². The van der Waals surface area contributed by atoms with Crippen LogP contribution in [0.3, 0.4) is 0 Å². The molecule has 122 valence electrons. The predicted molar refractivity (Wildman–Crippen MR) is 88.3 cm³/mol. The van der Waals surface area contributed by atoms with E-state index in [0.29, 0.717) is 5.69 Å². The van der Waals surface area contributed by atoms with E-state index < -0.39 is 27.8 Å². The number of carbonyl (C=O) groups is 1. The molecule has 0 aliphatic carbocycles. The monoisotopic (exact) mass is 336 g/mol. The van der Waals surface area contributed by atoms with Gasteiger partial charge in [0.1, 0.15) is 11.9 Å². The molecule has 2 rings (SSSR count). The zero-order valence-corrected chi connectivity index (χ0v) is 13.5. The molecule has 0 fully saturated rings. The van der Waals surface area contributed by atoms with E-state index in [4.69, 9.17) is 0 Å². The molecule has 5 nitrogen and oxygen atoms in total. The zero-order chi connectivity index (χ0) is 17.0. The second-order valence-corrected chi connectivity index (χ2v) is 6.93. The topological polar surface area (TPSA) is 66.5 Å². The molecule has 0 aliphatic heterocycles. The van der Waals surface area contributed by atoms with Crippen molar-refractivity contribution in [2.75, 3.05) is 15.9 Å². The predicted octanol–water partition coefficient (Wildman–Crippen LogP) is 2.62. The summed E-state index contributed by atoms with van der Waals surface area (Å²) in [5.41, 5.74) is 0.793. The highest BCUT2D eigenvalue weighted by Crippen LogP contribution is 2.22. The molecule has 1 N–H and O–H groups in total. The number of carbonyl (C=O) groups excluding carboxylic acids is 1. The smallest absolute Gasteiger partial charge is 0.247 e. The average Bonchev–Trinajstić information content (AvgIpc) is 2.49. The maximum Gasteiger partial charge on any atom is 0.247 e. The minimum absolute atomic E-state index is 0.226. The molecule has 1 amide bonds. The molecule has 2 aromatic carbocycles. The van der Waals surface area contributed by atoms with Crippen molar-refractivity contribution in [1.29, 1.82) is 0 Å². The van der Waals surface area contributed by atoms with Crippen LogP contribution in [0.25, 0.3) is 0 Å². The third-order valence-electron chi connectivity index (χ3n) is 3.21. The number of hydrogen-bond donors (Lipinski definition) is 1. The Morgan fingerprint density at radius 3 is 2.17 bits per heavy atom. The van der Waals surface area contributed by atoms with Crippen LogP contribution in [0, 0.1) is 5.82 Å². The summed E-state index contributed by atoms with van der Waals surface area (Å²) in [5, 5.41) is 2.66. The lowest BCUT2D eigenvalue weighted by molar-refractivity contribution is -0.116. The van der Waals surface area contributed by atoms with Crippen LogP contribution in [-0.2, 0) is 14.8 Å². The summed E-state index contributed by atoms with van der Waals surface area (Å²) >= 11 is 0. The number of anilines is 2. The SMILES string of the molecule is CC(C(=O)Nc1ccccc1)N(c1ccc(F)cc1)S(C)(=O)=O. The van der Waals surface area contributed by atoms with Gasteiger partial charge in [0, 0.05) is 5.69 Å². The highest BCUT2D eigenvalue weighted by molar-refractivity contribution is 7.92. The van der Waals surface area contributed by atoms with Gasteiger partial charge in [0.05, 0.1) is 11.9 Å². The Morgan fingerprint density at radius 1 is 1.09 bits per heavy atom. The van der Waals surface area contributed by atoms with Crippen LogP contribution in [0.4, 0.5) is 15.8 Å². The highest BCUT2D eigenvalue weighted by Gasteiger charge is 2.29. The van der Waals surface area contributed by atoms with E-state index in [0.717, 1.165) is 22.7 Å². The summed E-state index contributed by atoms with van der Waals surface area (Å²) in [6.45, 7) is 1.47. The van der Waals surface area contributed by atoms with Crippen LogP contribution in [0.5, 0.6) is 0 Å². The first-order valence-corrected chi connectivity index (χ1v) is 8.75. The van der Waals surface area contributed by atoms with Crippen molar-refractivity contribution in [3.8, 4) is 0 Å². The Hall–Kier alpha value is -2.41. The van der Waals surface area contributed by atoms with Crippen LogP contribution in [-0.4, -0.2) is 26.6 Å². The number of amides is 1. The van der Waals surface area contributed by atoms with Gasteiger partial charge in [-0.1, -0.05) is 18.2 Å². The maximum absolute atomic E-state index is 13.0. The van der Waals surface area contributed by atoms with Gasteiger partial charge in [0.25, 0.3) is 0 Å². The number of sulfonamides is 1. The van der Waals surface area contributed by atoms with Crippen LogP contribution in [0.2, 0.25) is 0 Å². The van der Waals surface area contributed by atoms with Gasteiger partial charge in [0.2, 0.25) is 15.9 Å². The Balaban J connectivity index is 2.28. The number of halogens is 1. The molecular formula is C16H17FN2O3S. The molecule has 1 atom stereocenters. The molecule has 0 saturated carbocycles. The van der Waals surface area contributed by atoms with Crippen molar-refractivity contribution in [2.45, 2.75) is 13.0 Å². The van der Waals surface area contributed by atoms with Crippen molar-refractivity contribution in [2.24, 2.45) is 0 Å². The minimum atomic E-state index is -3.72. The fraction of sp³-hybridized carbons (Fsp3) is 0.188. The van der Waals surface area contributed by atoms with E-state index in [1.807, 2.05) is 0 Å². The molecule has 23 heavy (non-hydrogen) atoms. The molecule has 0 aliphatic rings. The van der Waals surface area contributed by atoms with Gasteiger partial charge in [-0.05, 0) is 43.3 Å². The first-order valence-electron chi connectivity index (χ1n) is 6.90. The summed E-state index contributed by atoms with van der Waals surface area (Å²) < 4.78 is 38.1. The number of para-hydroxylation sites is 1. The van der Waals surface area contributed by atoms with Crippen molar-refractivity contribution in [3.63, 3.8) is 0 Å². The number of hydrogen-bond acceptors (Lipinski definition) is 3. The van der Waals surface area contributed by atoms with Gasteiger partial charge < -0.3 is 5.32 Å². The van der Waals surface area contributed by atoms with E-state index in [9.17, 15) is 17.6 Å². The average molecular weight is 336 g/mol. The molecule has 1 unspecified atom stereocenters. The van der Waals surface area contributed by atoms with Crippen LogP contribution in [0.1, 0.15) is 6.92 Å². The van der Waals surface area contributed by atoms with Crippen molar-refractivity contribution in [3.05, 3.63) is 60.4 Å². The van der Waals surface area contributed by atoms with E-state index in [1.54, 1.807) is 30.3 Å². The quantitative estimate of drug-likeness (QED) is 0.913. The Labute approximate surface area is 134 Å². The number of rotatable bonds is 5. The fourth-order valence-corrected chi connectivity index (χ4v) is 3.34. The van der Waals surface area contributed by atoms with Crippen LogP contribution in [0.15, 0.2) is 54.6 Å². The molecule has 7 heteroatoms. The molecule has 0 saturated heterocycles. The highest BCUT2D eigenvalue weighted by atomic mass is 32.2. The molecule has 0 bridgehead atoms. The lowest BCUT2D eigenvalue weighted by atomic mass is 10.2. The fourth-order valence-electron chi connectivity index (χ4n) is 2.16. The number of nitrogens with zero attached hydrogens (tertiary/aromatic N) is 1. The Morgan fingerprint density at radius 2 is 1.65 bits per heavy atom. The van der Waals surface area contributed by atoms with E-state index >= 15 is 0 Å². The van der Waals surface area contributed by atoms with E-state index in [2.05, 4.69) is 5.32 Å². The van der Waals surface area contributed by atoms with Crippen molar-refractivity contribution in [1.82, 2.24) is 0 Å². The Kier molecular flexibility index (Phi) is 5.00. The van der Waals surface area contributed by atoms with Gasteiger partial charge in [-0.15, -0.1) is 0 Å². The summed E-state index contributed by atoms with van der Waals surface area (Å²) in [4.78, 5) is 12.3. The summed E-state index contributed by atoms with van der Waals surface area (Å²) in [7, 11) is -3.72. The number of nitrogens with one attached hydrogen (secondary N) is 1. The summed E-state index contributed by atoms with van der Waals surface area (Å²) in [5.74, 6) is -0.963. The lowest BCUT2D eigenvalue weighted by Crippen LogP contribution is -2.45. The van der Waals surface area contributed by atoms with E-state index in [1.165, 1.54) is 19.1 Å². The second-order valence-electron chi connectivity index (χ2n) is 5.07. The lowest BCUT2D eigenvalue weighted by Gasteiger charge is -2.28. The van der Waals surface area contributed by atoms with Gasteiger partial charge in [-0.2, -0.15) is 0 Å². The molecule has 0 aromatic heterocycles. The normalized spacial score (nSPS) is 12.5. The minimum Gasteiger partial charge on any atom is -0.324 e. The first kappa shape index (κ1) is 17.0. The van der Waals surface area contributed by atoms with Gasteiger partial charge in [-0.25, -0.2) is 12.8 Å². The van der Waals surface area contributed by atoms with Crippen LogP contribution >= 0.6 is 0 Å². The van der Waals surface area contributed by atoms with Crippen molar-refractivity contribution >= 4 is 27.3 Å². The molecule has 0 spiro atoms. The van der Waals surface area contributed by atoms with Gasteiger partial charge >= 0.3 is 0 Å². The molecular weight excluding hydrogens is 319 g/mol. The molecule has 2 aromatic rings. The number of benzene rings is 2. The Bertz CT molecular complexity index is 777. The second kappa shape index (κ2) is 6.78. The largest absolute Gasteiger partial charge is 0.324 e. The van der Waals surface area contributed by atoms with Gasteiger partial charge in [0.15, 0.2) is 0 Å². The zero-order valence-electron chi connectivity index (χ0n) is 12.7. The molecule has 0 radical (unpaired) electrons. The molecule has 0 heterocycles. The first-order chi connectivity index (χ1) is 10.8. The third-order valence-corrected chi connectivity index (χ3v) is 4.45. The maximum atomic E-state index is 13.0. The standard InChI is InChI=1S/C16H17FN2O3S/c1-12(16(20)18-14-6-4-3-5-7-14)19(23(2,21)22)15-10-8-13(17)9-11-15/h3-12H,1-2H3,(H,18,20). The van der Waals surface area contributed by atoms with Crippen molar-refractivity contribution < 1.29 is 17.6 Å². The third kappa shape index (κ3) is 4.29. The van der Waals surface area contributed by atoms with Crippen LogP contribution < -0.4 is 9.62 Å².